The molecule has 0 unspecified atom stereocenters. The summed E-state index contributed by atoms with van der Waals surface area (Å²) in [6.07, 6.45) is 0. The van der Waals surface area contributed by atoms with Gasteiger partial charge in [0.25, 0.3) is 0 Å². The zero-order valence-electron chi connectivity index (χ0n) is 12.0. The molecule has 0 aliphatic rings. The topological polar surface area (TPSA) is 38.3 Å². The zero-order chi connectivity index (χ0) is 16.7. The number of halogens is 3. The van der Waals surface area contributed by atoms with Crippen molar-refractivity contribution >= 4 is 39.3 Å². The Kier molecular flexibility index (Phi) is 6.85. The molecule has 0 saturated heterocycles. The lowest BCUT2D eigenvalue weighted by Crippen LogP contribution is -2.17. The Hall–Kier alpha value is -1.60. The fourth-order valence-electron chi connectivity index (χ4n) is 1.71. The molecule has 0 aromatic heterocycles. The van der Waals surface area contributed by atoms with Crippen LogP contribution in [0.15, 0.2) is 46.9 Å². The average Bonchev–Trinajstić information content (AvgIpc) is 2.52. The highest BCUT2D eigenvalue weighted by atomic mass is 79.9. The predicted octanol–water partition coefficient (Wildman–Crippen LogP) is 4.48. The number of benzene rings is 2. The van der Waals surface area contributed by atoms with Gasteiger partial charge in [0.15, 0.2) is 0 Å². The van der Waals surface area contributed by atoms with Crippen molar-refractivity contribution < 1.29 is 18.3 Å². The highest BCUT2D eigenvalue weighted by molar-refractivity contribution is 9.10. The van der Waals surface area contributed by atoms with Crippen LogP contribution in [0.2, 0.25) is 0 Å². The van der Waals surface area contributed by atoms with Gasteiger partial charge < -0.3 is 10.1 Å². The fourth-order valence-corrected chi connectivity index (χ4v) is 2.57. The van der Waals surface area contributed by atoms with E-state index in [0.29, 0.717) is 12.4 Å². The molecule has 2 aromatic rings. The maximum Gasteiger partial charge on any atom is 0.234 e. The summed E-state index contributed by atoms with van der Waals surface area (Å²) in [5, 5.41) is 2.24. The van der Waals surface area contributed by atoms with Gasteiger partial charge in [0.1, 0.15) is 23.1 Å². The second-order valence-corrected chi connectivity index (χ2v) is 6.52. The number of amides is 1. The van der Waals surface area contributed by atoms with Crippen LogP contribution in [-0.2, 0) is 4.79 Å². The third-order valence-electron chi connectivity index (χ3n) is 2.77. The second-order valence-electron chi connectivity index (χ2n) is 4.50. The standard InChI is InChI=1S/C16H14BrF2NO2S/c17-11-4-6-12(7-5-11)22-8-9-23-10-15(21)20-16-13(18)2-1-3-14(16)19/h1-7H,8-10H2,(H,20,21). The smallest absolute Gasteiger partial charge is 0.234 e. The lowest BCUT2D eigenvalue weighted by atomic mass is 10.3. The summed E-state index contributed by atoms with van der Waals surface area (Å²) in [5.74, 6) is -0.612. The van der Waals surface area contributed by atoms with Gasteiger partial charge >= 0.3 is 0 Å². The van der Waals surface area contributed by atoms with Gasteiger partial charge in [0.05, 0.1) is 12.4 Å². The number of ether oxygens (including phenoxy) is 1. The van der Waals surface area contributed by atoms with E-state index in [2.05, 4.69) is 21.2 Å². The normalized spacial score (nSPS) is 10.4. The van der Waals surface area contributed by atoms with Crippen LogP contribution < -0.4 is 10.1 Å². The van der Waals surface area contributed by atoms with Gasteiger partial charge in [0.2, 0.25) is 5.91 Å². The summed E-state index contributed by atoms with van der Waals surface area (Å²) >= 11 is 4.66. The quantitative estimate of drug-likeness (QED) is 0.695. The van der Waals surface area contributed by atoms with Crippen LogP contribution in [0.5, 0.6) is 5.75 Å². The summed E-state index contributed by atoms with van der Waals surface area (Å²) in [4.78, 5) is 11.7. The first-order chi connectivity index (χ1) is 11.1. The Bertz CT molecular complexity index is 647. The van der Waals surface area contributed by atoms with Crippen molar-refractivity contribution in [2.75, 3.05) is 23.4 Å². The minimum Gasteiger partial charge on any atom is -0.493 e. The summed E-state index contributed by atoms with van der Waals surface area (Å²) in [6, 6.07) is 10.9. The third-order valence-corrected chi connectivity index (χ3v) is 4.22. The Morgan fingerprint density at radius 1 is 1.13 bits per heavy atom. The van der Waals surface area contributed by atoms with E-state index in [4.69, 9.17) is 4.74 Å². The molecule has 0 saturated carbocycles. The Balaban J connectivity index is 1.68. The largest absolute Gasteiger partial charge is 0.493 e. The number of thioether (sulfide) groups is 1. The van der Waals surface area contributed by atoms with Gasteiger partial charge in [-0.3, -0.25) is 4.79 Å². The number of anilines is 1. The van der Waals surface area contributed by atoms with E-state index in [1.54, 1.807) is 0 Å². The summed E-state index contributed by atoms with van der Waals surface area (Å²) in [5.41, 5.74) is -0.413. The average molecular weight is 402 g/mol. The molecule has 2 aromatic carbocycles. The molecule has 7 heteroatoms. The Labute approximate surface area is 145 Å². The van der Waals surface area contributed by atoms with Crippen LogP contribution >= 0.6 is 27.7 Å². The highest BCUT2D eigenvalue weighted by Gasteiger charge is 2.11. The first kappa shape index (κ1) is 17.7. The van der Waals surface area contributed by atoms with E-state index in [9.17, 15) is 13.6 Å². The van der Waals surface area contributed by atoms with Crippen molar-refractivity contribution in [3.05, 3.63) is 58.6 Å². The first-order valence-electron chi connectivity index (χ1n) is 6.76. The van der Waals surface area contributed by atoms with E-state index in [1.807, 2.05) is 24.3 Å². The zero-order valence-corrected chi connectivity index (χ0v) is 14.4. The third kappa shape index (κ3) is 5.84. The van der Waals surface area contributed by atoms with Crippen molar-refractivity contribution in [2.24, 2.45) is 0 Å². The van der Waals surface area contributed by atoms with Crippen molar-refractivity contribution in [1.29, 1.82) is 0 Å². The van der Waals surface area contributed by atoms with Crippen molar-refractivity contribution in [2.45, 2.75) is 0 Å². The van der Waals surface area contributed by atoms with Crippen LogP contribution in [0.4, 0.5) is 14.5 Å². The molecule has 0 aliphatic heterocycles. The molecule has 2 rings (SSSR count). The van der Waals surface area contributed by atoms with Crippen molar-refractivity contribution in [3.8, 4) is 5.75 Å². The number of carbonyl (C=O) groups excluding carboxylic acids is 1. The van der Waals surface area contributed by atoms with Gasteiger partial charge in [-0.15, -0.1) is 11.8 Å². The van der Waals surface area contributed by atoms with Crippen LogP contribution in [0, 0.1) is 11.6 Å². The maximum atomic E-state index is 13.4. The molecule has 23 heavy (non-hydrogen) atoms. The highest BCUT2D eigenvalue weighted by Crippen LogP contribution is 2.19. The number of carbonyl (C=O) groups is 1. The minimum atomic E-state index is -0.790. The second kappa shape index (κ2) is 8.88. The van der Waals surface area contributed by atoms with E-state index in [0.717, 1.165) is 22.4 Å². The van der Waals surface area contributed by atoms with Crippen molar-refractivity contribution in [1.82, 2.24) is 0 Å². The fraction of sp³-hybridized carbons (Fsp3) is 0.188. The molecule has 0 radical (unpaired) electrons. The monoisotopic (exact) mass is 401 g/mol. The predicted molar refractivity (Wildman–Crippen MR) is 91.9 cm³/mol. The Morgan fingerprint density at radius 3 is 2.43 bits per heavy atom. The van der Waals surface area contributed by atoms with Gasteiger partial charge in [-0.1, -0.05) is 22.0 Å². The number of para-hydroxylation sites is 1. The minimum absolute atomic E-state index is 0.0947. The molecule has 0 aliphatic carbocycles. The van der Waals surface area contributed by atoms with Crippen LogP contribution in [0.1, 0.15) is 0 Å². The van der Waals surface area contributed by atoms with E-state index in [-0.39, 0.29) is 5.75 Å². The van der Waals surface area contributed by atoms with Crippen LogP contribution in [0.3, 0.4) is 0 Å². The summed E-state index contributed by atoms with van der Waals surface area (Å²) in [7, 11) is 0. The van der Waals surface area contributed by atoms with Gasteiger partial charge in [-0.25, -0.2) is 8.78 Å². The molecular weight excluding hydrogens is 388 g/mol. The van der Waals surface area contributed by atoms with E-state index < -0.39 is 23.2 Å². The summed E-state index contributed by atoms with van der Waals surface area (Å²) < 4.78 is 33.2. The molecule has 0 spiro atoms. The molecular formula is C16H14BrF2NO2S. The van der Waals surface area contributed by atoms with E-state index >= 15 is 0 Å². The molecule has 1 N–H and O–H groups in total. The molecule has 0 atom stereocenters. The molecule has 0 bridgehead atoms. The van der Waals surface area contributed by atoms with Gasteiger partial charge in [0, 0.05) is 10.2 Å². The molecule has 3 nitrogen and oxygen atoms in total. The summed E-state index contributed by atoms with van der Waals surface area (Å²) in [6.45, 7) is 0.438. The molecule has 1 amide bonds. The SMILES string of the molecule is O=C(CSCCOc1ccc(Br)cc1)Nc1c(F)cccc1F. The number of hydrogen-bond donors (Lipinski definition) is 1. The lowest BCUT2D eigenvalue weighted by Gasteiger charge is -2.08. The maximum absolute atomic E-state index is 13.4. The van der Waals surface area contributed by atoms with Gasteiger partial charge in [-0.05, 0) is 36.4 Å². The molecule has 0 heterocycles. The number of nitrogens with one attached hydrogen (secondary N) is 1. The first-order valence-corrected chi connectivity index (χ1v) is 8.71. The van der Waals surface area contributed by atoms with Gasteiger partial charge in [-0.2, -0.15) is 0 Å². The van der Waals surface area contributed by atoms with Crippen molar-refractivity contribution in [3.63, 3.8) is 0 Å². The number of rotatable bonds is 7. The van der Waals surface area contributed by atoms with Crippen LogP contribution in [-0.4, -0.2) is 24.0 Å². The Morgan fingerprint density at radius 2 is 1.78 bits per heavy atom. The van der Waals surface area contributed by atoms with Crippen LogP contribution in [0.25, 0.3) is 0 Å². The lowest BCUT2D eigenvalue weighted by molar-refractivity contribution is -0.113. The van der Waals surface area contributed by atoms with E-state index in [1.165, 1.54) is 17.8 Å². The molecule has 0 fully saturated rings. The molecule has 122 valence electrons. The number of hydrogen-bond acceptors (Lipinski definition) is 3.